The first-order valence-electron chi connectivity index (χ1n) is 7.26. The Morgan fingerprint density at radius 1 is 1.30 bits per heavy atom. The molecule has 1 saturated carbocycles. The van der Waals surface area contributed by atoms with Gasteiger partial charge < -0.3 is 5.73 Å². The SMILES string of the molecule is Cc1ccc(S(=O)(=O)NCC2CCCCC2C)cc1N. The predicted octanol–water partition coefficient (Wildman–Crippen LogP) is 2.68. The van der Waals surface area contributed by atoms with Gasteiger partial charge in [0, 0.05) is 12.2 Å². The number of nitrogens with two attached hydrogens (primary N) is 1. The van der Waals surface area contributed by atoms with Crippen molar-refractivity contribution in [1.29, 1.82) is 0 Å². The molecule has 0 bridgehead atoms. The van der Waals surface area contributed by atoms with Crippen molar-refractivity contribution in [2.45, 2.75) is 44.4 Å². The Hall–Kier alpha value is -1.07. The van der Waals surface area contributed by atoms with Gasteiger partial charge in [0.25, 0.3) is 0 Å². The van der Waals surface area contributed by atoms with E-state index in [2.05, 4.69) is 11.6 Å². The first-order chi connectivity index (χ1) is 9.40. The molecule has 0 heterocycles. The zero-order valence-corrected chi connectivity index (χ0v) is 13.0. The number of hydrogen-bond acceptors (Lipinski definition) is 3. The average molecular weight is 296 g/mol. The lowest BCUT2D eigenvalue weighted by atomic mass is 9.81. The zero-order valence-electron chi connectivity index (χ0n) is 12.2. The Bertz CT molecular complexity index is 569. The van der Waals surface area contributed by atoms with Crippen LogP contribution in [0.1, 0.15) is 38.2 Å². The third-order valence-electron chi connectivity index (χ3n) is 4.39. The Balaban J connectivity index is 2.05. The molecule has 0 saturated heterocycles. The first kappa shape index (κ1) is 15.3. The van der Waals surface area contributed by atoms with E-state index in [-0.39, 0.29) is 4.90 Å². The molecule has 1 aliphatic carbocycles. The topological polar surface area (TPSA) is 72.2 Å². The third kappa shape index (κ3) is 3.52. The third-order valence-corrected chi connectivity index (χ3v) is 5.81. The Labute approximate surface area is 121 Å². The minimum absolute atomic E-state index is 0.254. The number of rotatable bonds is 4. The Morgan fingerprint density at radius 2 is 2.00 bits per heavy atom. The summed E-state index contributed by atoms with van der Waals surface area (Å²) in [6.45, 7) is 4.60. The standard InChI is InChI=1S/C15H24N2O2S/c1-11-5-3-4-6-13(11)10-17-20(18,19)14-8-7-12(2)15(16)9-14/h7-9,11,13,17H,3-6,10,16H2,1-2H3. The zero-order chi connectivity index (χ0) is 14.8. The van der Waals surface area contributed by atoms with Gasteiger partial charge in [-0.2, -0.15) is 0 Å². The van der Waals surface area contributed by atoms with Crippen LogP contribution in [0.2, 0.25) is 0 Å². The number of nitrogen functional groups attached to an aromatic ring is 1. The van der Waals surface area contributed by atoms with E-state index in [1.165, 1.54) is 25.3 Å². The lowest BCUT2D eigenvalue weighted by molar-refractivity contribution is 0.257. The van der Waals surface area contributed by atoms with Crippen LogP contribution in [0, 0.1) is 18.8 Å². The van der Waals surface area contributed by atoms with Gasteiger partial charge in [0.05, 0.1) is 4.90 Å². The molecule has 1 aliphatic rings. The van der Waals surface area contributed by atoms with E-state index in [1.807, 2.05) is 6.92 Å². The maximum Gasteiger partial charge on any atom is 0.240 e. The van der Waals surface area contributed by atoms with Gasteiger partial charge in [0.1, 0.15) is 0 Å². The van der Waals surface area contributed by atoms with Crippen LogP contribution in [0.4, 0.5) is 5.69 Å². The molecular weight excluding hydrogens is 272 g/mol. The summed E-state index contributed by atoms with van der Waals surface area (Å²) >= 11 is 0. The number of aryl methyl sites for hydroxylation is 1. The summed E-state index contributed by atoms with van der Waals surface area (Å²) in [5.41, 5.74) is 7.19. The molecule has 4 nitrogen and oxygen atoms in total. The lowest BCUT2D eigenvalue weighted by Gasteiger charge is -2.28. The van der Waals surface area contributed by atoms with Crippen molar-refractivity contribution >= 4 is 15.7 Å². The van der Waals surface area contributed by atoms with Crippen molar-refractivity contribution in [2.75, 3.05) is 12.3 Å². The van der Waals surface area contributed by atoms with E-state index in [0.29, 0.717) is 24.1 Å². The fourth-order valence-electron chi connectivity index (χ4n) is 2.78. The van der Waals surface area contributed by atoms with Crippen molar-refractivity contribution in [3.63, 3.8) is 0 Å². The van der Waals surface area contributed by atoms with Crippen LogP contribution in [0.5, 0.6) is 0 Å². The molecule has 112 valence electrons. The second kappa shape index (κ2) is 6.14. The maximum absolute atomic E-state index is 12.3. The molecule has 1 fully saturated rings. The largest absolute Gasteiger partial charge is 0.398 e. The molecule has 20 heavy (non-hydrogen) atoms. The highest BCUT2D eigenvalue weighted by Crippen LogP contribution is 2.29. The van der Waals surface area contributed by atoms with Gasteiger partial charge >= 0.3 is 0 Å². The van der Waals surface area contributed by atoms with E-state index in [9.17, 15) is 8.42 Å². The smallest absolute Gasteiger partial charge is 0.240 e. The number of nitrogens with one attached hydrogen (secondary N) is 1. The summed E-state index contributed by atoms with van der Waals surface area (Å²) in [6.07, 6.45) is 4.77. The van der Waals surface area contributed by atoms with E-state index in [4.69, 9.17) is 5.73 Å². The normalized spacial score (nSPS) is 23.7. The monoisotopic (exact) mass is 296 g/mol. The van der Waals surface area contributed by atoms with Crippen molar-refractivity contribution in [2.24, 2.45) is 11.8 Å². The molecule has 0 aromatic heterocycles. The molecule has 3 N–H and O–H groups in total. The van der Waals surface area contributed by atoms with Gasteiger partial charge in [0.2, 0.25) is 10.0 Å². The Kier molecular flexibility index (Phi) is 4.70. The van der Waals surface area contributed by atoms with Gasteiger partial charge in [-0.3, -0.25) is 0 Å². The molecule has 0 aliphatic heterocycles. The lowest BCUT2D eigenvalue weighted by Crippen LogP contribution is -2.33. The first-order valence-corrected chi connectivity index (χ1v) is 8.74. The molecule has 0 radical (unpaired) electrons. The van der Waals surface area contributed by atoms with Crippen LogP contribution in [-0.4, -0.2) is 15.0 Å². The van der Waals surface area contributed by atoms with Crippen LogP contribution in [0.15, 0.2) is 23.1 Å². The number of hydrogen-bond donors (Lipinski definition) is 2. The summed E-state index contributed by atoms with van der Waals surface area (Å²) in [7, 11) is -3.45. The highest BCUT2D eigenvalue weighted by molar-refractivity contribution is 7.89. The fourth-order valence-corrected chi connectivity index (χ4v) is 3.91. The van der Waals surface area contributed by atoms with Crippen LogP contribution >= 0.6 is 0 Å². The van der Waals surface area contributed by atoms with Gasteiger partial charge in [-0.15, -0.1) is 0 Å². The van der Waals surface area contributed by atoms with E-state index in [0.717, 1.165) is 12.0 Å². The van der Waals surface area contributed by atoms with Gasteiger partial charge in [-0.1, -0.05) is 32.3 Å². The maximum atomic E-state index is 12.3. The second-order valence-electron chi connectivity index (χ2n) is 5.89. The van der Waals surface area contributed by atoms with Crippen molar-refractivity contribution in [3.05, 3.63) is 23.8 Å². The quantitative estimate of drug-likeness (QED) is 0.839. The number of benzene rings is 1. The summed E-state index contributed by atoms with van der Waals surface area (Å²) in [4.78, 5) is 0.254. The molecule has 1 aromatic carbocycles. The molecule has 0 spiro atoms. The predicted molar refractivity (Wildman–Crippen MR) is 81.9 cm³/mol. The highest BCUT2D eigenvalue weighted by atomic mass is 32.2. The summed E-state index contributed by atoms with van der Waals surface area (Å²) in [5, 5.41) is 0. The minimum atomic E-state index is -3.45. The van der Waals surface area contributed by atoms with Crippen LogP contribution in [0.3, 0.4) is 0 Å². The van der Waals surface area contributed by atoms with Crippen molar-refractivity contribution in [3.8, 4) is 0 Å². The van der Waals surface area contributed by atoms with E-state index in [1.54, 1.807) is 12.1 Å². The minimum Gasteiger partial charge on any atom is -0.398 e. The summed E-state index contributed by atoms with van der Waals surface area (Å²) < 4.78 is 27.3. The molecule has 5 heteroatoms. The van der Waals surface area contributed by atoms with Gasteiger partial charge in [-0.05, 0) is 42.9 Å². The molecule has 2 atom stereocenters. The van der Waals surface area contributed by atoms with Gasteiger partial charge in [-0.25, -0.2) is 13.1 Å². The van der Waals surface area contributed by atoms with Crippen LogP contribution < -0.4 is 10.5 Å². The Morgan fingerprint density at radius 3 is 2.65 bits per heavy atom. The molecule has 0 amide bonds. The summed E-state index contributed by atoms with van der Waals surface area (Å²) in [5.74, 6) is 1.04. The number of sulfonamides is 1. The second-order valence-corrected chi connectivity index (χ2v) is 7.66. The highest BCUT2D eigenvalue weighted by Gasteiger charge is 2.23. The molecule has 2 rings (SSSR count). The van der Waals surface area contributed by atoms with Crippen molar-refractivity contribution < 1.29 is 8.42 Å². The fraction of sp³-hybridized carbons (Fsp3) is 0.600. The van der Waals surface area contributed by atoms with E-state index < -0.39 is 10.0 Å². The molecule has 1 aromatic rings. The van der Waals surface area contributed by atoms with Crippen LogP contribution in [-0.2, 0) is 10.0 Å². The molecule has 2 unspecified atom stereocenters. The average Bonchev–Trinajstić information content (AvgIpc) is 2.41. The van der Waals surface area contributed by atoms with Crippen LogP contribution in [0.25, 0.3) is 0 Å². The van der Waals surface area contributed by atoms with Gasteiger partial charge in [0.15, 0.2) is 0 Å². The van der Waals surface area contributed by atoms with Crippen molar-refractivity contribution in [1.82, 2.24) is 4.72 Å². The van der Waals surface area contributed by atoms with E-state index >= 15 is 0 Å². The molecular formula is C15H24N2O2S. The summed E-state index contributed by atoms with van der Waals surface area (Å²) in [6, 6.07) is 4.88. The number of anilines is 1.